The van der Waals surface area contributed by atoms with Gasteiger partial charge in [-0.2, -0.15) is 0 Å². The minimum atomic E-state index is -0.0774. The van der Waals surface area contributed by atoms with Crippen LogP contribution in [0.1, 0.15) is 62.3 Å². The molecule has 0 spiro atoms. The first kappa shape index (κ1) is 26.1. The van der Waals surface area contributed by atoms with Gasteiger partial charge in [0, 0.05) is 43.5 Å². The van der Waals surface area contributed by atoms with Gasteiger partial charge in [0.2, 0.25) is 0 Å². The molecule has 0 fully saturated rings. The lowest BCUT2D eigenvalue weighted by Gasteiger charge is -2.10. The fourth-order valence-corrected chi connectivity index (χ4v) is 3.27. The number of ether oxygens (including phenoxy) is 1. The van der Waals surface area contributed by atoms with Crippen LogP contribution >= 0.6 is 35.3 Å². The Kier molecular flexibility index (Phi) is 16.6. The first-order valence-electron chi connectivity index (χ1n) is 9.74. The number of hydrogen-bond donors (Lipinski definition) is 2. The van der Waals surface area contributed by atoms with E-state index < -0.39 is 0 Å². The highest BCUT2D eigenvalue weighted by atomic mass is 127. The maximum absolute atomic E-state index is 11.2. The number of nitrogens with zero attached hydrogens (tertiary/aromatic N) is 2. The summed E-state index contributed by atoms with van der Waals surface area (Å²) in [5.74, 6) is 0.800. The van der Waals surface area contributed by atoms with Crippen molar-refractivity contribution in [2.45, 2.75) is 65.7 Å². The Hall–Kier alpha value is -0.900. The molecule has 0 unspecified atom stereocenters. The second-order valence-corrected chi connectivity index (χ2v) is 7.44. The van der Waals surface area contributed by atoms with Crippen molar-refractivity contribution in [2.24, 2.45) is 4.99 Å². The van der Waals surface area contributed by atoms with Gasteiger partial charge in [-0.3, -0.25) is 9.79 Å². The number of aromatic nitrogens is 1. The maximum Gasteiger partial charge on any atom is 0.305 e. The van der Waals surface area contributed by atoms with Crippen LogP contribution in [-0.4, -0.2) is 43.2 Å². The summed E-state index contributed by atoms with van der Waals surface area (Å²) in [6.07, 6.45) is 8.74. The molecule has 0 aliphatic carbocycles. The second kappa shape index (κ2) is 17.2. The molecule has 27 heavy (non-hydrogen) atoms. The van der Waals surface area contributed by atoms with Crippen LogP contribution < -0.4 is 10.6 Å². The lowest BCUT2D eigenvalue weighted by Crippen LogP contribution is -2.38. The number of hydrogen-bond acceptors (Lipinski definition) is 5. The molecule has 1 aromatic heterocycles. The number of carbonyl (C=O) groups is 1. The van der Waals surface area contributed by atoms with E-state index in [2.05, 4.69) is 34.5 Å². The Morgan fingerprint density at radius 1 is 1.19 bits per heavy atom. The van der Waals surface area contributed by atoms with Crippen LogP contribution in [0.5, 0.6) is 0 Å². The van der Waals surface area contributed by atoms with Crippen molar-refractivity contribution in [2.75, 3.05) is 26.2 Å². The molecule has 0 atom stereocenters. The number of aryl methyl sites for hydroxylation is 1. The Labute approximate surface area is 185 Å². The van der Waals surface area contributed by atoms with Crippen molar-refractivity contribution < 1.29 is 9.53 Å². The predicted molar refractivity (Wildman–Crippen MR) is 124 cm³/mol. The van der Waals surface area contributed by atoms with E-state index in [1.807, 2.05) is 13.1 Å². The monoisotopic (exact) mass is 510 g/mol. The van der Waals surface area contributed by atoms with Gasteiger partial charge in [-0.15, -0.1) is 35.3 Å². The summed E-state index contributed by atoms with van der Waals surface area (Å²) in [5, 5.41) is 7.81. The van der Waals surface area contributed by atoms with Crippen molar-refractivity contribution in [3.8, 4) is 0 Å². The van der Waals surface area contributed by atoms with E-state index in [-0.39, 0.29) is 29.9 Å². The van der Waals surface area contributed by atoms with Gasteiger partial charge >= 0.3 is 5.97 Å². The quantitative estimate of drug-likeness (QED) is 0.138. The number of aliphatic imine (C=N–C) groups is 1. The molecule has 0 amide bonds. The Morgan fingerprint density at radius 2 is 1.93 bits per heavy atom. The highest BCUT2D eigenvalue weighted by Gasteiger charge is 2.02. The number of carbonyl (C=O) groups excluding carboxylic acids is 1. The normalized spacial score (nSPS) is 11.0. The van der Waals surface area contributed by atoms with Crippen LogP contribution in [-0.2, 0) is 16.0 Å². The number of halogens is 1. The van der Waals surface area contributed by atoms with Crippen LogP contribution in [0.15, 0.2) is 11.2 Å². The Morgan fingerprint density at radius 3 is 2.59 bits per heavy atom. The summed E-state index contributed by atoms with van der Waals surface area (Å²) in [6.45, 7) is 8.99. The van der Waals surface area contributed by atoms with Gasteiger partial charge in [0.25, 0.3) is 0 Å². The minimum absolute atomic E-state index is 0. The van der Waals surface area contributed by atoms with Gasteiger partial charge in [-0.25, -0.2) is 4.98 Å². The zero-order valence-electron chi connectivity index (χ0n) is 16.9. The molecule has 0 bridgehead atoms. The molecule has 8 heteroatoms. The molecule has 156 valence electrons. The maximum atomic E-state index is 11.2. The standard InChI is InChI=1S/C19H34N4O2S.HI/c1-4-20-19(22-14-12-17-23-15-16(3)26-17)21-13-10-8-6-7-9-11-18(24)25-5-2;/h15H,4-14H2,1-3H3,(H2,20,21,22);1H. The summed E-state index contributed by atoms with van der Waals surface area (Å²) in [6, 6.07) is 0. The van der Waals surface area contributed by atoms with E-state index in [4.69, 9.17) is 4.74 Å². The van der Waals surface area contributed by atoms with Gasteiger partial charge < -0.3 is 15.4 Å². The third-order valence-corrected chi connectivity index (χ3v) is 4.73. The van der Waals surface area contributed by atoms with Gasteiger partial charge in [-0.05, 0) is 33.6 Å². The molecule has 1 heterocycles. The lowest BCUT2D eigenvalue weighted by atomic mass is 10.1. The molecule has 6 nitrogen and oxygen atoms in total. The fraction of sp³-hybridized carbons (Fsp3) is 0.737. The van der Waals surface area contributed by atoms with E-state index in [0.717, 1.165) is 69.1 Å². The van der Waals surface area contributed by atoms with Crippen LogP contribution in [0.3, 0.4) is 0 Å². The molecule has 0 saturated carbocycles. The molecule has 1 aromatic rings. The van der Waals surface area contributed by atoms with Gasteiger partial charge in [0.15, 0.2) is 5.96 Å². The van der Waals surface area contributed by atoms with E-state index in [1.165, 1.54) is 4.88 Å². The molecule has 2 N–H and O–H groups in total. The molecular formula is C19H35IN4O2S. The molecular weight excluding hydrogens is 475 g/mol. The number of thiazole rings is 1. The topological polar surface area (TPSA) is 75.6 Å². The average molecular weight is 510 g/mol. The third kappa shape index (κ3) is 13.8. The predicted octanol–water partition coefficient (Wildman–Crippen LogP) is 4.07. The van der Waals surface area contributed by atoms with Crippen LogP contribution in [0.25, 0.3) is 0 Å². The largest absolute Gasteiger partial charge is 0.466 e. The second-order valence-electron chi connectivity index (χ2n) is 6.12. The van der Waals surface area contributed by atoms with E-state index in [0.29, 0.717) is 13.0 Å². The summed E-state index contributed by atoms with van der Waals surface area (Å²) in [4.78, 5) is 21.5. The van der Waals surface area contributed by atoms with Crippen molar-refractivity contribution in [1.29, 1.82) is 0 Å². The fourth-order valence-electron chi connectivity index (χ4n) is 2.48. The molecule has 1 rings (SSSR count). The highest BCUT2D eigenvalue weighted by molar-refractivity contribution is 14.0. The summed E-state index contributed by atoms with van der Waals surface area (Å²) in [7, 11) is 0. The first-order valence-corrected chi connectivity index (χ1v) is 10.6. The number of guanidine groups is 1. The van der Waals surface area contributed by atoms with Crippen molar-refractivity contribution in [3.63, 3.8) is 0 Å². The molecule has 0 aliphatic heterocycles. The summed E-state index contributed by atoms with van der Waals surface area (Å²) < 4.78 is 4.92. The van der Waals surface area contributed by atoms with Crippen LogP contribution in [0.2, 0.25) is 0 Å². The van der Waals surface area contributed by atoms with Gasteiger partial charge in [-0.1, -0.05) is 19.3 Å². The zero-order valence-corrected chi connectivity index (χ0v) is 20.0. The number of esters is 1. The first-order chi connectivity index (χ1) is 12.7. The van der Waals surface area contributed by atoms with Crippen molar-refractivity contribution in [3.05, 3.63) is 16.1 Å². The van der Waals surface area contributed by atoms with Gasteiger partial charge in [0.1, 0.15) is 0 Å². The molecule has 0 saturated heterocycles. The van der Waals surface area contributed by atoms with E-state index in [1.54, 1.807) is 11.3 Å². The number of rotatable bonds is 13. The highest BCUT2D eigenvalue weighted by Crippen LogP contribution is 2.11. The number of nitrogens with one attached hydrogen (secondary N) is 2. The molecule has 0 aliphatic rings. The van der Waals surface area contributed by atoms with Crippen LogP contribution in [0, 0.1) is 6.92 Å². The Balaban J connectivity index is 0.00000676. The molecule has 0 radical (unpaired) electrons. The number of unbranched alkanes of at least 4 members (excludes halogenated alkanes) is 4. The van der Waals surface area contributed by atoms with E-state index in [9.17, 15) is 4.79 Å². The third-order valence-electron chi connectivity index (χ3n) is 3.76. The van der Waals surface area contributed by atoms with Gasteiger partial charge in [0.05, 0.1) is 11.6 Å². The van der Waals surface area contributed by atoms with E-state index >= 15 is 0 Å². The molecule has 0 aromatic carbocycles. The lowest BCUT2D eigenvalue weighted by molar-refractivity contribution is -0.143. The SMILES string of the molecule is CCNC(=NCCCCCCCC(=O)OCC)NCCc1ncc(C)s1.I. The van der Waals surface area contributed by atoms with Crippen molar-refractivity contribution in [1.82, 2.24) is 15.6 Å². The average Bonchev–Trinajstić information content (AvgIpc) is 3.02. The minimum Gasteiger partial charge on any atom is -0.466 e. The zero-order chi connectivity index (χ0) is 19.0. The van der Waals surface area contributed by atoms with Crippen LogP contribution in [0.4, 0.5) is 0 Å². The smallest absolute Gasteiger partial charge is 0.305 e. The Bertz CT molecular complexity index is 538. The summed E-state index contributed by atoms with van der Waals surface area (Å²) in [5.41, 5.74) is 0. The summed E-state index contributed by atoms with van der Waals surface area (Å²) >= 11 is 1.75. The van der Waals surface area contributed by atoms with Crippen molar-refractivity contribution >= 4 is 47.2 Å².